The zero-order chi connectivity index (χ0) is 22.7. The molecule has 0 amide bonds. The van der Waals surface area contributed by atoms with Crippen LogP contribution in [-0.2, 0) is 40.2 Å². The van der Waals surface area contributed by atoms with E-state index in [0.29, 0.717) is 19.8 Å². The maximum atomic E-state index is 12.8. The zero-order valence-corrected chi connectivity index (χ0v) is 17.3. The summed E-state index contributed by atoms with van der Waals surface area (Å²) < 4.78 is 67.9. The van der Waals surface area contributed by atoms with Gasteiger partial charge in [-0.05, 0) is 6.92 Å². The fraction of sp³-hybridized carbons (Fsp3) is 0.562. The van der Waals surface area contributed by atoms with E-state index in [-0.39, 0.29) is 17.5 Å². The van der Waals surface area contributed by atoms with Crippen molar-refractivity contribution in [2.45, 2.75) is 30.6 Å². The highest BCUT2D eigenvalue weighted by Crippen LogP contribution is 2.30. The average molecular weight is 453 g/mol. The number of sulfonamides is 1. The summed E-state index contributed by atoms with van der Waals surface area (Å²) in [4.78, 5) is 17.2. The number of rotatable bonds is 5. The van der Waals surface area contributed by atoms with Crippen molar-refractivity contribution in [3.05, 3.63) is 30.2 Å². The van der Waals surface area contributed by atoms with Crippen LogP contribution < -0.4 is 0 Å². The van der Waals surface area contributed by atoms with E-state index in [9.17, 15) is 21.6 Å². The zero-order valence-electron chi connectivity index (χ0n) is 16.5. The molecule has 168 valence electrons. The van der Waals surface area contributed by atoms with Gasteiger partial charge in [0.15, 0.2) is 5.03 Å². The summed E-state index contributed by atoms with van der Waals surface area (Å²) in [5, 5.41) is 7.19. The number of aliphatic carboxylic acids is 1. The van der Waals surface area contributed by atoms with Crippen LogP contribution in [0.5, 0.6) is 0 Å². The number of fused-ring (bicyclic) bond motifs is 1. The minimum Gasteiger partial charge on any atom is -0.475 e. The van der Waals surface area contributed by atoms with Crippen LogP contribution in [0.2, 0.25) is 0 Å². The molecule has 0 aromatic carbocycles. The van der Waals surface area contributed by atoms with E-state index in [1.807, 2.05) is 18.5 Å². The average Bonchev–Trinajstić information content (AvgIpc) is 3.26. The Morgan fingerprint density at radius 1 is 1.30 bits per heavy atom. The number of aryl methyl sites for hydroxylation is 2. The molecule has 0 fully saturated rings. The third kappa shape index (κ3) is 5.37. The maximum absolute atomic E-state index is 12.8. The number of nitrogens with zero attached hydrogens (tertiary/aromatic N) is 5. The van der Waals surface area contributed by atoms with E-state index in [1.54, 1.807) is 17.9 Å². The monoisotopic (exact) mass is 453 g/mol. The molecule has 14 heteroatoms. The second-order valence-electron chi connectivity index (χ2n) is 6.52. The molecule has 0 aliphatic carbocycles. The number of carbonyl (C=O) groups is 1. The number of hydrogen-bond acceptors (Lipinski definition) is 6. The molecule has 10 nitrogen and oxygen atoms in total. The van der Waals surface area contributed by atoms with Crippen molar-refractivity contribution in [3.8, 4) is 0 Å². The van der Waals surface area contributed by atoms with Gasteiger partial charge >= 0.3 is 12.1 Å². The predicted molar refractivity (Wildman–Crippen MR) is 96.9 cm³/mol. The summed E-state index contributed by atoms with van der Waals surface area (Å²) in [6.07, 6.45) is -0.359. The normalized spacial score (nSPS) is 17.2. The number of hydrogen-bond donors (Lipinski definition) is 1. The van der Waals surface area contributed by atoms with E-state index in [4.69, 9.17) is 14.6 Å². The van der Waals surface area contributed by atoms with Gasteiger partial charge in [0.25, 0.3) is 10.0 Å². The molecule has 1 unspecified atom stereocenters. The molecule has 0 bridgehead atoms. The molecule has 3 rings (SSSR count). The van der Waals surface area contributed by atoms with Crippen LogP contribution in [0.25, 0.3) is 0 Å². The summed E-state index contributed by atoms with van der Waals surface area (Å²) in [6, 6.07) is 0. The standard InChI is InChI=1S/C14H21N5O3S.C2HF3O2/c1-4-22-8-11-5-19(6-12-14(11)18(3)10-15-12)23(20,21)13-7-17(2)9-16-13;3-2(4,5)1(6)7/h7,9-11H,4-6,8H2,1-3H3;(H,6,7). The summed E-state index contributed by atoms with van der Waals surface area (Å²) in [5.74, 6) is -2.79. The van der Waals surface area contributed by atoms with Gasteiger partial charge in [-0.25, -0.2) is 23.2 Å². The highest BCUT2D eigenvalue weighted by atomic mass is 32.2. The third-order valence-electron chi connectivity index (χ3n) is 4.25. The fourth-order valence-electron chi connectivity index (χ4n) is 2.93. The van der Waals surface area contributed by atoms with Gasteiger partial charge in [-0.1, -0.05) is 0 Å². The lowest BCUT2D eigenvalue weighted by Gasteiger charge is -2.31. The number of alkyl halides is 3. The van der Waals surface area contributed by atoms with E-state index in [2.05, 4.69) is 9.97 Å². The molecule has 1 aliphatic rings. The Bertz CT molecular complexity index is 986. The molecular weight excluding hydrogens is 431 g/mol. The van der Waals surface area contributed by atoms with Gasteiger partial charge in [0.1, 0.15) is 0 Å². The van der Waals surface area contributed by atoms with E-state index in [1.165, 1.54) is 16.8 Å². The van der Waals surface area contributed by atoms with E-state index >= 15 is 0 Å². The van der Waals surface area contributed by atoms with Gasteiger partial charge < -0.3 is 19.0 Å². The molecule has 30 heavy (non-hydrogen) atoms. The lowest BCUT2D eigenvalue weighted by Crippen LogP contribution is -2.40. The van der Waals surface area contributed by atoms with Crippen LogP contribution >= 0.6 is 0 Å². The Labute approximate surface area is 171 Å². The number of carboxylic acids is 1. The third-order valence-corrected chi connectivity index (χ3v) is 5.95. The number of halogens is 3. The van der Waals surface area contributed by atoms with Crippen LogP contribution in [0.4, 0.5) is 13.2 Å². The van der Waals surface area contributed by atoms with Crippen molar-refractivity contribution in [2.24, 2.45) is 14.1 Å². The van der Waals surface area contributed by atoms with Crippen molar-refractivity contribution in [2.75, 3.05) is 19.8 Å². The van der Waals surface area contributed by atoms with Crippen molar-refractivity contribution in [3.63, 3.8) is 0 Å². The molecule has 0 spiro atoms. The molecule has 0 radical (unpaired) electrons. The molecule has 0 saturated heterocycles. The van der Waals surface area contributed by atoms with Crippen LogP contribution in [0.1, 0.15) is 24.2 Å². The largest absolute Gasteiger partial charge is 0.490 e. The first-order valence-corrected chi connectivity index (χ1v) is 10.2. The van der Waals surface area contributed by atoms with Crippen molar-refractivity contribution >= 4 is 16.0 Å². The van der Waals surface area contributed by atoms with Gasteiger partial charge in [0.05, 0.1) is 31.5 Å². The SMILES string of the molecule is CCOCC1CN(S(=O)(=O)c2cn(C)cn2)Cc2ncn(C)c21.O=C(O)C(F)(F)F. The molecule has 3 heterocycles. The fourth-order valence-corrected chi connectivity index (χ4v) is 4.34. The lowest BCUT2D eigenvalue weighted by atomic mass is 10.0. The van der Waals surface area contributed by atoms with Gasteiger partial charge in [0, 0.05) is 45.1 Å². The minimum atomic E-state index is -5.08. The molecule has 2 aromatic rings. The minimum absolute atomic E-state index is 0.0373. The quantitative estimate of drug-likeness (QED) is 0.720. The first-order chi connectivity index (χ1) is 13.9. The lowest BCUT2D eigenvalue weighted by molar-refractivity contribution is -0.192. The summed E-state index contributed by atoms with van der Waals surface area (Å²) in [5.41, 5.74) is 1.83. The van der Waals surface area contributed by atoms with Gasteiger partial charge in [0.2, 0.25) is 0 Å². The van der Waals surface area contributed by atoms with Crippen LogP contribution in [0, 0.1) is 0 Å². The number of imidazole rings is 2. The van der Waals surface area contributed by atoms with Gasteiger partial charge in [-0.2, -0.15) is 17.5 Å². The topological polar surface area (TPSA) is 120 Å². The molecule has 2 aromatic heterocycles. The Morgan fingerprint density at radius 3 is 2.43 bits per heavy atom. The number of carboxylic acid groups (broad SMARTS) is 1. The summed E-state index contributed by atoms with van der Waals surface area (Å²) in [7, 11) is 0.0353. The molecular formula is C16H22F3N5O5S. The van der Waals surface area contributed by atoms with Crippen LogP contribution in [-0.4, -0.2) is 68.8 Å². The number of aromatic nitrogens is 4. The Hall–Kier alpha value is -2.45. The molecule has 1 aliphatic heterocycles. The Morgan fingerprint density at radius 2 is 1.93 bits per heavy atom. The van der Waals surface area contributed by atoms with Crippen molar-refractivity contribution in [1.82, 2.24) is 23.4 Å². The van der Waals surface area contributed by atoms with E-state index in [0.717, 1.165) is 11.4 Å². The summed E-state index contributed by atoms with van der Waals surface area (Å²) >= 11 is 0. The van der Waals surface area contributed by atoms with Crippen LogP contribution in [0.3, 0.4) is 0 Å². The summed E-state index contributed by atoms with van der Waals surface area (Å²) in [6.45, 7) is 3.62. The van der Waals surface area contributed by atoms with E-state index < -0.39 is 22.2 Å². The Balaban J connectivity index is 0.000000396. The molecule has 1 N–H and O–H groups in total. The maximum Gasteiger partial charge on any atom is 0.490 e. The highest BCUT2D eigenvalue weighted by molar-refractivity contribution is 7.89. The second-order valence-corrected chi connectivity index (χ2v) is 8.41. The highest BCUT2D eigenvalue weighted by Gasteiger charge is 2.38. The van der Waals surface area contributed by atoms with Crippen molar-refractivity contribution < 1.29 is 36.2 Å². The first-order valence-electron chi connectivity index (χ1n) is 8.74. The van der Waals surface area contributed by atoms with Crippen LogP contribution in [0.15, 0.2) is 23.9 Å². The smallest absolute Gasteiger partial charge is 0.475 e. The van der Waals surface area contributed by atoms with Crippen molar-refractivity contribution in [1.29, 1.82) is 0 Å². The van der Waals surface area contributed by atoms with Gasteiger partial charge in [-0.3, -0.25) is 0 Å². The molecule has 1 atom stereocenters. The second kappa shape index (κ2) is 9.14. The Kier molecular flexibility index (Phi) is 7.26. The van der Waals surface area contributed by atoms with Gasteiger partial charge in [-0.15, -0.1) is 0 Å². The molecule has 0 saturated carbocycles. The predicted octanol–water partition coefficient (Wildman–Crippen LogP) is 1.11. The number of ether oxygens (including phenoxy) is 1. The first kappa shape index (κ1) is 23.8.